The molecule has 0 atom stereocenters. The number of carboxylic acid groups (broad SMARTS) is 1. The molecule has 0 fully saturated rings. The van der Waals surface area contributed by atoms with Crippen molar-refractivity contribution in [3.63, 3.8) is 0 Å². The molecule has 0 heterocycles. The predicted molar refractivity (Wildman–Crippen MR) is 55.7 cm³/mol. The van der Waals surface area contributed by atoms with E-state index in [2.05, 4.69) is 11.8 Å². The Hall–Kier alpha value is -1.79. The van der Waals surface area contributed by atoms with E-state index in [-0.39, 0.29) is 6.42 Å². The zero-order chi connectivity index (χ0) is 11.3. The number of aldehydes is 1. The lowest BCUT2D eigenvalue weighted by Gasteiger charge is -2.00. The van der Waals surface area contributed by atoms with Gasteiger partial charge in [-0.2, -0.15) is 0 Å². The van der Waals surface area contributed by atoms with E-state index in [1.807, 2.05) is 0 Å². The first-order valence-electron chi connectivity index (χ1n) is 4.09. The van der Waals surface area contributed by atoms with Crippen LogP contribution in [0.5, 0.6) is 0 Å². The molecule has 0 aliphatic heterocycles. The highest BCUT2D eigenvalue weighted by Crippen LogP contribution is 2.18. The molecule has 1 N–H and O–H groups in total. The zero-order valence-corrected chi connectivity index (χ0v) is 8.41. The Morgan fingerprint density at radius 2 is 2.27 bits per heavy atom. The molecule has 0 radical (unpaired) electrons. The van der Waals surface area contributed by atoms with Crippen molar-refractivity contribution in [2.45, 2.75) is 6.42 Å². The molecule has 3 nitrogen and oxygen atoms in total. The van der Waals surface area contributed by atoms with Crippen molar-refractivity contribution in [1.82, 2.24) is 0 Å². The van der Waals surface area contributed by atoms with E-state index in [9.17, 15) is 9.59 Å². The molecule has 0 bridgehead atoms. The number of halogens is 1. The molecular formula is C11H7ClO3. The van der Waals surface area contributed by atoms with Crippen LogP contribution in [0, 0.1) is 11.8 Å². The van der Waals surface area contributed by atoms with Crippen LogP contribution in [-0.4, -0.2) is 17.4 Å². The van der Waals surface area contributed by atoms with E-state index in [4.69, 9.17) is 16.7 Å². The quantitative estimate of drug-likeness (QED) is 0.610. The molecule has 76 valence electrons. The second kappa shape index (κ2) is 5.18. The zero-order valence-electron chi connectivity index (χ0n) is 7.66. The SMILES string of the molecule is O=CC#Cc1ccc(CC(=O)O)c(Cl)c1. The summed E-state index contributed by atoms with van der Waals surface area (Å²) in [5, 5.41) is 8.91. The van der Waals surface area contributed by atoms with Crippen molar-refractivity contribution in [3.05, 3.63) is 34.3 Å². The lowest BCUT2D eigenvalue weighted by Crippen LogP contribution is -2.00. The number of carbonyl (C=O) groups is 2. The monoisotopic (exact) mass is 222 g/mol. The van der Waals surface area contributed by atoms with Crippen LogP contribution in [0.25, 0.3) is 0 Å². The van der Waals surface area contributed by atoms with Gasteiger partial charge in [0.25, 0.3) is 0 Å². The minimum atomic E-state index is -0.941. The smallest absolute Gasteiger partial charge is 0.307 e. The standard InChI is InChI=1S/C11H7ClO3/c12-10-6-8(2-1-5-13)3-4-9(10)7-11(14)15/h3-6H,7H2,(H,14,15). The molecule has 1 aromatic carbocycles. The topological polar surface area (TPSA) is 54.4 Å². The Labute approximate surface area is 91.7 Å². The number of hydrogen-bond donors (Lipinski definition) is 1. The molecule has 0 amide bonds. The molecule has 15 heavy (non-hydrogen) atoms. The van der Waals surface area contributed by atoms with Crippen molar-refractivity contribution >= 4 is 23.9 Å². The highest BCUT2D eigenvalue weighted by atomic mass is 35.5. The van der Waals surface area contributed by atoms with Gasteiger partial charge in [-0.3, -0.25) is 9.59 Å². The molecule has 1 rings (SSSR count). The second-order valence-electron chi connectivity index (χ2n) is 2.76. The van der Waals surface area contributed by atoms with Crippen molar-refractivity contribution < 1.29 is 14.7 Å². The van der Waals surface area contributed by atoms with Crippen LogP contribution in [0.15, 0.2) is 18.2 Å². The molecule has 0 saturated heterocycles. The molecule has 0 aliphatic carbocycles. The lowest BCUT2D eigenvalue weighted by atomic mass is 10.1. The molecule has 0 aliphatic rings. The van der Waals surface area contributed by atoms with Gasteiger partial charge < -0.3 is 5.11 Å². The first kappa shape index (κ1) is 11.3. The van der Waals surface area contributed by atoms with Crippen LogP contribution in [0.2, 0.25) is 5.02 Å². The highest BCUT2D eigenvalue weighted by molar-refractivity contribution is 6.31. The molecule has 0 saturated carbocycles. The minimum absolute atomic E-state index is 0.125. The van der Waals surface area contributed by atoms with E-state index in [0.29, 0.717) is 22.4 Å². The first-order valence-corrected chi connectivity index (χ1v) is 4.46. The summed E-state index contributed by atoms with van der Waals surface area (Å²) >= 11 is 5.83. The fourth-order valence-electron chi connectivity index (χ4n) is 1.04. The Kier molecular flexibility index (Phi) is 3.90. The van der Waals surface area contributed by atoms with Gasteiger partial charge in [-0.05, 0) is 23.6 Å². The van der Waals surface area contributed by atoms with Crippen LogP contribution in [-0.2, 0) is 16.0 Å². The lowest BCUT2D eigenvalue weighted by molar-refractivity contribution is -0.136. The summed E-state index contributed by atoms with van der Waals surface area (Å²) in [4.78, 5) is 20.4. The molecule has 0 aromatic heterocycles. The predicted octanol–water partition coefficient (Wildman–Crippen LogP) is 1.52. The molecule has 0 spiro atoms. The summed E-state index contributed by atoms with van der Waals surface area (Å²) in [6, 6.07) is 4.75. The van der Waals surface area contributed by atoms with Gasteiger partial charge in [0.1, 0.15) is 0 Å². The Balaban J connectivity index is 2.97. The number of hydrogen-bond acceptors (Lipinski definition) is 2. The number of benzene rings is 1. The minimum Gasteiger partial charge on any atom is -0.481 e. The van der Waals surface area contributed by atoms with Gasteiger partial charge in [0.05, 0.1) is 6.42 Å². The Bertz CT molecular complexity index is 455. The van der Waals surface area contributed by atoms with Crippen LogP contribution < -0.4 is 0 Å². The first-order chi connectivity index (χ1) is 7.13. The Morgan fingerprint density at radius 1 is 1.53 bits per heavy atom. The van der Waals surface area contributed by atoms with Gasteiger partial charge >= 0.3 is 5.97 Å². The fraction of sp³-hybridized carbons (Fsp3) is 0.0909. The van der Waals surface area contributed by atoms with Crippen LogP contribution in [0.4, 0.5) is 0 Å². The molecular weight excluding hydrogens is 216 g/mol. The van der Waals surface area contributed by atoms with Crippen molar-refractivity contribution in [1.29, 1.82) is 0 Å². The summed E-state index contributed by atoms with van der Waals surface area (Å²) < 4.78 is 0. The summed E-state index contributed by atoms with van der Waals surface area (Å²) in [6.45, 7) is 0. The van der Waals surface area contributed by atoms with Gasteiger partial charge in [-0.15, -0.1) is 0 Å². The van der Waals surface area contributed by atoms with Crippen LogP contribution >= 0.6 is 11.6 Å². The summed E-state index contributed by atoms with van der Waals surface area (Å²) in [7, 11) is 0. The summed E-state index contributed by atoms with van der Waals surface area (Å²) in [6.07, 6.45) is 0.360. The van der Waals surface area contributed by atoms with Gasteiger partial charge in [-0.1, -0.05) is 23.6 Å². The van der Waals surface area contributed by atoms with E-state index in [0.717, 1.165) is 0 Å². The summed E-state index contributed by atoms with van der Waals surface area (Å²) in [5.74, 6) is 3.87. The van der Waals surface area contributed by atoms with Gasteiger partial charge in [0.15, 0.2) is 6.29 Å². The third-order valence-corrected chi connectivity index (χ3v) is 2.02. The number of rotatable bonds is 2. The van der Waals surface area contributed by atoms with E-state index < -0.39 is 5.97 Å². The van der Waals surface area contributed by atoms with Crippen molar-refractivity contribution in [2.24, 2.45) is 0 Å². The maximum atomic E-state index is 10.4. The molecule has 1 aromatic rings. The third kappa shape index (κ3) is 3.45. The van der Waals surface area contributed by atoms with Gasteiger partial charge in [0.2, 0.25) is 0 Å². The van der Waals surface area contributed by atoms with Gasteiger partial charge in [0, 0.05) is 10.6 Å². The van der Waals surface area contributed by atoms with Crippen molar-refractivity contribution in [3.8, 4) is 11.8 Å². The van der Waals surface area contributed by atoms with Crippen molar-refractivity contribution in [2.75, 3.05) is 0 Å². The molecule has 0 unspecified atom stereocenters. The average molecular weight is 223 g/mol. The fourth-order valence-corrected chi connectivity index (χ4v) is 1.29. The van der Waals surface area contributed by atoms with Crippen LogP contribution in [0.1, 0.15) is 11.1 Å². The number of carboxylic acids is 1. The van der Waals surface area contributed by atoms with E-state index in [1.54, 1.807) is 12.1 Å². The highest BCUT2D eigenvalue weighted by Gasteiger charge is 2.05. The summed E-state index contributed by atoms with van der Waals surface area (Å²) in [5.41, 5.74) is 1.11. The van der Waals surface area contributed by atoms with E-state index in [1.165, 1.54) is 6.07 Å². The van der Waals surface area contributed by atoms with Crippen LogP contribution in [0.3, 0.4) is 0 Å². The average Bonchev–Trinajstić information content (AvgIpc) is 2.18. The maximum Gasteiger partial charge on any atom is 0.307 e. The van der Waals surface area contributed by atoms with E-state index >= 15 is 0 Å². The number of carbonyl (C=O) groups excluding carboxylic acids is 1. The Morgan fingerprint density at radius 3 is 2.80 bits per heavy atom. The third-order valence-electron chi connectivity index (χ3n) is 1.67. The second-order valence-corrected chi connectivity index (χ2v) is 3.17. The normalized spacial score (nSPS) is 8.87. The number of aliphatic carboxylic acids is 1. The van der Waals surface area contributed by atoms with Gasteiger partial charge in [-0.25, -0.2) is 0 Å². The largest absolute Gasteiger partial charge is 0.481 e. The maximum absolute atomic E-state index is 10.4. The molecule has 4 heteroatoms.